The van der Waals surface area contributed by atoms with Gasteiger partial charge in [-0.1, -0.05) is 0 Å². The minimum absolute atomic E-state index is 0.277. The Balaban J connectivity index is 1.59. The molecule has 6 heteroatoms. The van der Waals surface area contributed by atoms with Crippen molar-refractivity contribution in [1.82, 2.24) is 9.97 Å². The summed E-state index contributed by atoms with van der Waals surface area (Å²) in [6.45, 7) is 4.41. The number of hydrogen-bond acceptors (Lipinski definition) is 6. The fraction of sp³-hybridized carbons (Fsp3) is 0.375. The maximum atomic E-state index is 5.39. The summed E-state index contributed by atoms with van der Waals surface area (Å²) in [5.41, 5.74) is 1.85. The van der Waals surface area contributed by atoms with Crippen molar-refractivity contribution in [3.63, 3.8) is 0 Å². The highest BCUT2D eigenvalue weighted by molar-refractivity contribution is 5.61. The highest BCUT2D eigenvalue weighted by Crippen LogP contribution is 2.35. The summed E-state index contributed by atoms with van der Waals surface area (Å²) in [4.78, 5) is 11.4. The number of hydrogen-bond donors (Lipinski definition) is 1. The van der Waals surface area contributed by atoms with Gasteiger partial charge >= 0.3 is 0 Å². The summed E-state index contributed by atoms with van der Waals surface area (Å²) in [5.74, 6) is 3.12. The molecular weight excluding hydrogens is 280 g/mol. The fourth-order valence-corrected chi connectivity index (χ4v) is 2.82. The van der Waals surface area contributed by atoms with E-state index < -0.39 is 0 Å². The zero-order chi connectivity index (χ0) is 14.9. The first-order chi connectivity index (χ1) is 10.8. The lowest BCUT2D eigenvalue weighted by atomic mass is 10.3. The van der Waals surface area contributed by atoms with Gasteiger partial charge in [-0.15, -0.1) is 0 Å². The molecular formula is C16H18N4O2. The molecule has 0 amide bonds. The number of aryl methyl sites for hydroxylation is 1. The van der Waals surface area contributed by atoms with Crippen LogP contribution in [0.25, 0.3) is 0 Å². The van der Waals surface area contributed by atoms with Crippen LogP contribution in [0.5, 0.6) is 11.5 Å². The first-order valence-corrected chi connectivity index (χ1v) is 7.55. The van der Waals surface area contributed by atoms with E-state index in [2.05, 4.69) is 20.2 Å². The molecule has 1 fully saturated rings. The van der Waals surface area contributed by atoms with Gasteiger partial charge in [-0.05, 0) is 31.9 Å². The van der Waals surface area contributed by atoms with Crippen molar-refractivity contribution in [2.45, 2.75) is 19.8 Å². The van der Waals surface area contributed by atoms with E-state index in [1.807, 2.05) is 31.2 Å². The van der Waals surface area contributed by atoms with Crippen LogP contribution in [-0.4, -0.2) is 29.9 Å². The number of nitrogens with one attached hydrogen (secondary N) is 1. The van der Waals surface area contributed by atoms with E-state index in [1.165, 1.54) is 12.8 Å². The van der Waals surface area contributed by atoms with E-state index in [9.17, 15) is 0 Å². The standard InChI is InChI=1S/C16H18N4O2/c1-11-8-15(20-6-2-3-7-20)19-16(17-11)18-12-4-5-13-14(9-12)22-10-21-13/h4-5,8-9H,2-3,6-7,10H2,1H3,(H,17,18,19). The van der Waals surface area contributed by atoms with Crippen LogP contribution in [0.4, 0.5) is 17.5 Å². The van der Waals surface area contributed by atoms with Gasteiger partial charge in [-0.25, -0.2) is 4.98 Å². The topological polar surface area (TPSA) is 59.5 Å². The van der Waals surface area contributed by atoms with Gasteiger partial charge in [0, 0.05) is 36.6 Å². The average Bonchev–Trinajstić information content (AvgIpc) is 3.18. The molecule has 2 aromatic rings. The maximum Gasteiger partial charge on any atom is 0.231 e. The van der Waals surface area contributed by atoms with E-state index in [-0.39, 0.29) is 6.79 Å². The van der Waals surface area contributed by atoms with Crippen LogP contribution in [-0.2, 0) is 0 Å². The summed E-state index contributed by atoms with van der Waals surface area (Å²) in [5, 5.41) is 3.25. The van der Waals surface area contributed by atoms with Gasteiger partial charge in [-0.2, -0.15) is 4.98 Å². The molecule has 0 unspecified atom stereocenters. The van der Waals surface area contributed by atoms with Crippen molar-refractivity contribution >= 4 is 17.5 Å². The molecule has 22 heavy (non-hydrogen) atoms. The molecule has 1 N–H and O–H groups in total. The molecule has 0 spiro atoms. The third kappa shape index (κ3) is 2.52. The maximum absolute atomic E-state index is 5.39. The number of aromatic nitrogens is 2. The lowest BCUT2D eigenvalue weighted by Crippen LogP contribution is -2.19. The molecule has 0 radical (unpaired) electrons. The highest BCUT2D eigenvalue weighted by atomic mass is 16.7. The predicted octanol–water partition coefficient (Wildman–Crippen LogP) is 2.86. The number of rotatable bonds is 3. The van der Waals surface area contributed by atoms with Crippen molar-refractivity contribution in [2.75, 3.05) is 30.1 Å². The molecule has 2 aliphatic rings. The largest absolute Gasteiger partial charge is 0.454 e. The molecule has 1 aromatic heterocycles. The first kappa shape index (κ1) is 13.2. The van der Waals surface area contributed by atoms with E-state index in [0.29, 0.717) is 5.95 Å². The monoisotopic (exact) mass is 298 g/mol. The molecule has 2 aliphatic heterocycles. The molecule has 1 aromatic carbocycles. The third-order valence-electron chi connectivity index (χ3n) is 3.90. The fourth-order valence-electron chi connectivity index (χ4n) is 2.82. The van der Waals surface area contributed by atoms with Crippen molar-refractivity contribution < 1.29 is 9.47 Å². The van der Waals surface area contributed by atoms with Crippen LogP contribution in [0.1, 0.15) is 18.5 Å². The van der Waals surface area contributed by atoms with E-state index in [0.717, 1.165) is 41.8 Å². The highest BCUT2D eigenvalue weighted by Gasteiger charge is 2.16. The molecule has 6 nitrogen and oxygen atoms in total. The van der Waals surface area contributed by atoms with E-state index in [1.54, 1.807) is 0 Å². The summed E-state index contributed by atoms with van der Waals surface area (Å²) in [6.07, 6.45) is 2.46. The number of anilines is 3. The first-order valence-electron chi connectivity index (χ1n) is 7.55. The molecule has 0 aliphatic carbocycles. The van der Waals surface area contributed by atoms with E-state index in [4.69, 9.17) is 9.47 Å². The van der Waals surface area contributed by atoms with Crippen LogP contribution in [0, 0.1) is 6.92 Å². The normalized spacial score (nSPS) is 16.1. The Labute approximate surface area is 129 Å². The number of ether oxygens (including phenoxy) is 2. The minimum Gasteiger partial charge on any atom is -0.454 e. The zero-order valence-corrected chi connectivity index (χ0v) is 12.5. The summed E-state index contributed by atoms with van der Waals surface area (Å²) >= 11 is 0. The van der Waals surface area contributed by atoms with Gasteiger partial charge < -0.3 is 19.7 Å². The van der Waals surface area contributed by atoms with Crippen molar-refractivity contribution in [2.24, 2.45) is 0 Å². The molecule has 0 saturated carbocycles. The second-order valence-corrected chi connectivity index (χ2v) is 5.58. The van der Waals surface area contributed by atoms with Crippen LogP contribution < -0.4 is 19.7 Å². The Kier molecular flexibility index (Phi) is 3.21. The van der Waals surface area contributed by atoms with Gasteiger partial charge in [-0.3, -0.25) is 0 Å². The van der Waals surface area contributed by atoms with Gasteiger partial charge in [0.1, 0.15) is 5.82 Å². The minimum atomic E-state index is 0.277. The van der Waals surface area contributed by atoms with Gasteiger partial charge in [0.25, 0.3) is 0 Å². The van der Waals surface area contributed by atoms with Gasteiger partial charge in [0.15, 0.2) is 11.5 Å². The van der Waals surface area contributed by atoms with Crippen molar-refractivity contribution in [3.8, 4) is 11.5 Å². The van der Waals surface area contributed by atoms with Crippen LogP contribution in [0.3, 0.4) is 0 Å². The SMILES string of the molecule is Cc1cc(N2CCCC2)nc(Nc2ccc3c(c2)OCO3)n1. The number of nitrogens with zero attached hydrogens (tertiary/aromatic N) is 3. The average molecular weight is 298 g/mol. The predicted molar refractivity (Wildman–Crippen MR) is 84.1 cm³/mol. The van der Waals surface area contributed by atoms with Gasteiger partial charge in [0.05, 0.1) is 0 Å². The smallest absolute Gasteiger partial charge is 0.231 e. The Morgan fingerprint density at radius 3 is 2.73 bits per heavy atom. The lowest BCUT2D eigenvalue weighted by molar-refractivity contribution is 0.174. The van der Waals surface area contributed by atoms with E-state index >= 15 is 0 Å². The van der Waals surface area contributed by atoms with Crippen LogP contribution >= 0.6 is 0 Å². The summed E-state index contributed by atoms with van der Waals surface area (Å²) in [6, 6.07) is 7.77. The molecule has 4 rings (SSSR count). The molecule has 0 bridgehead atoms. The quantitative estimate of drug-likeness (QED) is 0.940. The molecule has 114 valence electrons. The van der Waals surface area contributed by atoms with Crippen molar-refractivity contribution in [1.29, 1.82) is 0 Å². The van der Waals surface area contributed by atoms with Crippen molar-refractivity contribution in [3.05, 3.63) is 30.0 Å². The van der Waals surface area contributed by atoms with Gasteiger partial charge in [0.2, 0.25) is 12.7 Å². The van der Waals surface area contributed by atoms with Crippen LogP contribution in [0.2, 0.25) is 0 Å². The lowest BCUT2D eigenvalue weighted by Gasteiger charge is -2.17. The Bertz CT molecular complexity index is 699. The summed E-state index contributed by atoms with van der Waals surface area (Å²) < 4.78 is 10.7. The molecule has 3 heterocycles. The second-order valence-electron chi connectivity index (χ2n) is 5.58. The summed E-state index contributed by atoms with van der Waals surface area (Å²) in [7, 11) is 0. The Morgan fingerprint density at radius 1 is 1.05 bits per heavy atom. The Morgan fingerprint density at radius 2 is 1.86 bits per heavy atom. The number of fused-ring (bicyclic) bond motifs is 1. The van der Waals surface area contributed by atoms with Crippen LogP contribution in [0.15, 0.2) is 24.3 Å². The number of benzene rings is 1. The Hall–Kier alpha value is -2.50. The second kappa shape index (κ2) is 5.36. The third-order valence-corrected chi connectivity index (χ3v) is 3.90. The molecule has 0 atom stereocenters. The zero-order valence-electron chi connectivity index (χ0n) is 12.5. The molecule has 1 saturated heterocycles.